The molecule has 0 spiro atoms. The van der Waals surface area contributed by atoms with Crippen LogP contribution in [0.2, 0.25) is 0 Å². The number of hydrogen-bond acceptors (Lipinski definition) is 5. The monoisotopic (exact) mass is 298 g/mol. The lowest BCUT2D eigenvalue weighted by Gasteiger charge is -2.29. The minimum atomic E-state index is -0.713. The predicted octanol–water partition coefficient (Wildman–Crippen LogP) is 2.62. The van der Waals surface area contributed by atoms with E-state index in [9.17, 15) is 10.1 Å². The van der Waals surface area contributed by atoms with Crippen molar-refractivity contribution in [1.29, 1.82) is 0 Å². The molecule has 0 amide bonds. The van der Waals surface area contributed by atoms with E-state index in [1.54, 1.807) is 0 Å². The van der Waals surface area contributed by atoms with Gasteiger partial charge in [-0.15, -0.1) is 0 Å². The molecule has 0 radical (unpaired) electrons. The Bertz CT molecular complexity index is 747. The number of fused-ring (bicyclic) bond motifs is 2. The minimum Gasteiger partial charge on any atom is -0.454 e. The van der Waals surface area contributed by atoms with Gasteiger partial charge in [0.05, 0.1) is 12.5 Å². The maximum atomic E-state index is 11.5. The molecule has 0 aromatic heterocycles. The lowest BCUT2D eigenvalue weighted by Crippen LogP contribution is -2.39. The summed E-state index contributed by atoms with van der Waals surface area (Å²) in [4.78, 5) is 11.3. The van der Waals surface area contributed by atoms with E-state index in [1.807, 2.05) is 42.5 Å². The third-order valence-electron chi connectivity index (χ3n) is 4.21. The second kappa shape index (κ2) is 4.91. The minimum absolute atomic E-state index is 0.195. The van der Waals surface area contributed by atoms with Crippen molar-refractivity contribution >= 4 is 5.69 Å². The Kier molecular flexibility index (Phi) is 2.89. The van der Waals surface area contributed by atoms with Crippen molar-refractivity contribution in [2.75, 3.05) is 18.7 Å². The first-order chi connectivity index (χ1) is 10.7. The second-order valence-corrected chi connectivity index (χ2v) is 5.41. The lowest BCUT2D eigenvalue weighted by atomic mass is 9.82. The van der Waals surface area contributed by atoms with Crippen LogP contribution in [0.1, 0.15) is 17.0 Å². The molecule has 2 aromatic rings. The average Bonchev–Trinajstić information content (AvgIpc) is 3.01. The molecule has 1 N–H and O–H groups in total. The second-order valence-electron chi connectivity index (χ2n) is 5.41. The smallest absolute Gasteiger partial charge is 0.240 e. The summed E-state index contributed by atoms with van der Waals surface area (Å²) in [6.07, 6.45) is 0. The third kappa shape index (κ3) is 1.95. The van der Waals surface area contributed by atoms with Crippen molar-refractivity contribution in [3.63, 3.8) is 0 Å². The van der Waals surface area contributed by atoms with Crippen LogP contribution in [0.25, 0.3) is 0 Å². The van der Waals surface area contributed by atoms with Crippen LogP contribution in [0.15, 0.2) is 42.5 Å². The molecular weight excluding hydrogens is 284 g/mol. The van der Waals surface area contributed by atoms with Gasteiger partial charge in [0.2, 0.25) is 12.8 Å². The van der Waals surface area contributed by atoms with Crippen LogP contribution in [0.5, 0.6) is 11.5 Å². The molecule has 22 heavy (non-hydrogen) atoms. The maximum absolute atomic E-state index is 11.5. The van der Waals surface area contributed by atoms with E-state index >= 15 is 0 Å². The van der Waals surface area contributed by atoms with Gasteiger partial charge in [-0.05, 0) is 29.3 Å². The Morgan fingerprint density at radius 1 is 1.14 bits per heavy atom. The van der Waals surface area contributed by atoms with Crippen LogP contribution in [0.4, 0.5) is 5.69 Å². The molecule has 0 fully saturated rings. The van der Waals surface area contributed by atoms with Gasteiger partial charge >= 0.3 is 0 Å². The van der Waals surface area contributed by atoms with Crippen molar-refractivity contribution in [2.24, 2.45) is 0 Å². The first kappa shape index (κ1) is 12.9. The summed E-state index contributed by atoms with van der Waals surface area (Å²) in [5, 5.41) is 14.6. The fourth-order valence-corrected chi connectivity index (χ4v) is 3.17. The summed E-state index contributed by atoms with van der Waals surface area (Å²) < 4.78 is 10.7. The van der Waals surface area contributed by atoms with Crippen molar-refractivity contribution in [3.05, 3.63) is 63.7 Å². The zero-order valence-electron chi connectivity index (χ0n) is 11.7. The quantitative estimate of drug-likeness (QED) is 0.681. The molecule has 2 atom stereocenters. The first-order valence-electron chi connectivity index (χ1n) is 7.10. The molecule has 6 nitrogen and oxygen atoms in total. The van der Waals surface area contributed by atoms with Crippen molar-refractivity contribution in [2.45, 2.75) is 12.0 Å². The predicted molar refractivity (Wildman–Crippen MR) is 80.1 cm³/mol. The summed E-state index contributed by atoms with van der Waals surface area (Å²) in [6.45, 7) is 0.503. The van der Waals surface area contributed by atoms with Crippen LogP contribution >= 0.6 is 0 Å². The van der Waals surface area contributed by atoms with Gasteiger partial charge in [-0.2, -0.15) is 0 Å². The van der Waals surface area contributed by atoms with E-state index in [0.29, 0.717) is 18.0 Å². The molecule has 4 rings (SSSR count). The normalized spacial score (nSPS) is 21.8. The highest BCUT2D eigenvalue weighted by Gasteiger charge is 2.39. The van der Waals surface area contributed by atoms with E-state index in [1.165, 1.54) is 0 Å². The fraction of sp³-hybridized carbons (Fsp3) is 0.250. The molecule has 6 heteroatoms. The Hall–Kier alpha value is -2.76. The largest absolute Gasteiger partial charge is 0.454 e. The Morgan fingerprint density at radius 3 is 2.82 bits per heavy atom. The van der Waals surface area contributed by atoms with E-state index < -0.39 is 6.04 Å². The van der Waals surface area contributed by atoms with Crippen molar-refractivity contribution in [3.8, 4) is 11.5 Å². The van der Waals surface area contributed by atoms with E-state index in [-0.39, 0.29) is 17.6 Å². The van der Waals surface area contributed by atoms with Gasteiger partial charge in [0.25, 0.3) is 0 Å². The Balaban J connectivity index is 1.84. The molecule has 0 bridgehead atoms. The van der Waals surface area contributed by atoms with Gasteiger partial charge in [-0.1, -0.05) is 24.3 Å². The molecule has 2 aliphatic rings. The Labute approximate surface area is 126 Å². The molecule has 2 aromatic carbocycles. The summed E-state index contributed by atoms with van der Waals surface area (Å²) >= 11 is 0. The van der Waals surface area contributed by atoms with Gasteiger partial charge in [0.15, 0.2) is 11.5 Å². The van der Waals surface area contributed by atoms with Crippen LogP contribution in [0.3, 0.4) is 0 Å². The van der Waals surface area contributed by atoms with Gasteiger partial charge in [0.1, 0.15) is 0 Å². The Morgan fingerprint density at radius 2 is 1.95 bits per heavy atom. The number of para-hydroxylation sites is 1. The molecule has 0 aliphatic carbocycles. The molecule has 2 aliphatic heterocycles. The topological polar surface area (TPSA) is 73.6 Å². The van der Waals surface area contributed by atoms with Crippen LogP contribution in [0, 0.1) is 10.1 Å². The zero-order valence-corrected chi connectivity index (χ0v) is 11.7. The number of nitro groups is 1. The molecule has 2 heterocycles. The maximum Gasteiger partial charge on any atom is 0.240 e. The molecule has 0 saturated carbocycles. The molecule has 0 unspecified atom stereocenters. The van der Waals surface area contributed by atoms with Crippen molar-refractivity contribution in [1.82, 2.24) is 0 Å². The summed E-state index contributed by atoms with van der Waals surface area (Å²) in [5.41, 5.74) is 2.76. The highest BCUT2D eigenvalue weighted by Crippen LogP contribution is 2.41. The first-order valence-corrected chi connectivity index (χ1v) is 7.10. The lowest BCUT2D eigenvalue weighted by molar-refractivity contribution is -0.521. The summed E-state index contributed by atoms with van der Waals surface area (Å²) in [6, 6.07) is 12.6. The molecule has 112 valence electrons. The van der Waals surface area contributed by atoms with Gasteiger partial charge in [-0.3, -0.25) is 10.1 Å². The zero-order chi connectivity index (χ0) is 15.1. The van der Waals surface area contributed by atoms with Gasteiger partial charge in [0, 0.05) is 10.6 Å². The average molecular weight is 298 g/mol. The van der Waals surface area contributed by atoms with E-state index in [4.69, 9.17) is 9.47 Å². The molecule has 0 saturated heterocycles. The number of benzene rings is 2. The molecular formula is C16H14N2O4. The number of hydrogen-bond donors (Lipinski definition) is 1. The summed E-state index contributed by atoms with van der Waals surface area (Å²) in [7, 11) is 0. The third-order valence-corrected chi connectivity index (χ3v) is 4.21. The van der Waals surface area contributed by atoms with Gasteiger partial charge < -0.3 is 14.8 Å². The highest BCUT2D eigenvalue weighted by molar-refractivity contribution is 5.59. The van der Waals surface area contributed by atoms with Crippen molar-refractivity contribution < 1.29 is 14.4 Å². The SMILES string of the molecule is O=[N+]([O-])[C@@H]1CNc2ccccc2[C@H]1c1ccc2c(c1)OCO2. The number of ether oxygens (including phenoxy) is 2. The highest BCUT2D eigenvalue weighted by atomic mass is 16.7. The van der Waals surface area contributed by atoms with Crippen LogP contribution in [-0.2, 0) is 0 Å². The number of rotatable bonds is 2. The van der Waals surface area contributed by atoms with Crippen LogP contribution in [-0.4, -0.2) is 24.3 Å². The van der Waals surface area contributed by atoms with Crippen LogP contribution < -0.4 is 14.8 Å². The van der Waals surface area contributed by atoms with E-state index in [2.05, 4.69) is 5.32 Å². The summed E-state index contributed by atoms with van der Waals surface area (Å²) in [5.74, 6) is 1.03. The standard InChI is InChI=1S/C16H14N2O4/c19-18(20)13-8-17-12-4-2-1-3-11(12)16(13)10-5-6-14-15(7-10)22-9-21-14/h1-7,13,16-17H,8-9H2/t13-,16-/m1/s1. The number of nitrogens with zero attached hydrogens (tertiary/aromatic N) is 1. The number of anilines is 1. The van der Waals surface area contributed by atoms with E-state index in [0.717, 1.165) is 16.8 Å². The fourth-order valence-electron chi connectivity index (χ4n) is 3.17. The van der Waals surface area contributed by atoms with Gasteiger partial charge in [-0.25, -0.2) is 0 Å². The number of nitrogens with one attached hydrogen (secondary N) is 1.